The Morgan fingerprint density at radius 1 is 1.00 bits per heavy atom. The van der Waals surface area contributed by atoms with Crippen LogP contribution in [0.2, 0.25) is 0 Å². The van der Waals surface area contributed by atoms with Crippen LogP contribution < -0.4 is 4.74 Å². The maximum absolute atomic E-state index is 12.8. The first-order valence-corrected chi connectivity index (χ1v) is 11.6. The number of imidazole rings is 1. The highest BCUT2D eigenvalue weighted by Gasteiger charge is 2.34. The van der Waals surface area contributed by atoms with Gasteiger partial charge in [0.15, 0.2) is 0 Å². The number of carbonyl (C=O) groups is 1. The van der Waals surface area contributed by atoms with Crippen molar-refractivity contribution in [3.63, 3.8) is 0 Å². The molecule has 0 saturated carbocycles. The molecule has 1 atom stereocenters. The molecule has 1 aliphatic rings. The van der Waals surface area contributed by atoms with Crippen molar-refractivity contribution in [2.24, 2.45) is 0 Å². The zero-order chi connectivity index (χ0) is 22.8. The molecule has 0 spiro atoms. The van der Waals surface area contributed by atoms with Crippen LogP contribution in [-0.2, 0) is 17.9 Å². The second kappa shape index (κ2) is 9.10. The molecule has 1 saturated heterocycles. The number of benzene rings is 3. The van der Waals surface area contributed by atoms with Crippen molar-refractivity contribution in [3.8, 4) is 5.75 Å². The molecule has 1 amide bonds. The normalized spacial score (nSPS) is 16.0. The van der Waals surface area contributed by atoms with E-state index in [1.54, 1.807) is 0 Å². The summed E-state index contributed by atoms with van der Waals surface area (Å²) < 4.78 is 8.39. The zero-order valence-electron chi connectivity index (χ0n) is 19.2. The molecule has 1 aliphatic heterocycles. The van der Waals surface area contributed by atoms with E-state index in [0.717, 1.165) is 33.7 Å². The van der Waals surface area contributed by atoms with Crippen molar-refractivity contribution in [2.45, 2.75) is 39.3 Å². The lowest BCUT2D eigenvalue weighted by Gasteiger charge is -2.18. The number of aromatic nitrogens is 2. The lowest BCUT2D eigenvalue weighted by molar-refractivity contribution is -0.128. The summed E-state index contributed by atoms with van der Waals surface area (Å²) in [6, 6.07) is 24.6. The highest BCUT2D eigenvalue weighted by molar-refractivity contribution is 5.81. The molecule has 5 heteroatoms. The van der Waals surface area contributed by atoms with Crippen LogP contribution in [0.3, 0.4) is 0 Å². The molecule has 0 radical (unpaired) electrons. The third kappa shape index (κ3) is 4.49. The fourth-order valence-electron chi connectivity index (χ4n) is 4.65. The van der Waals surface area contributed by atoms with E-state index in [9.17, 15) is 4.79 Å². The van der Waals surface area contributed by atoms with E-state index in [1.807, 2.05) is 41.3 Å². The molecule has 1 fully saturated rings. The van der Waals surface area contributed by atoms with E-state index in [0.29, 0.717) is 32.7 Å². The van der Waals surface area contributed by atoms with Gasteiger partial charge in [-0.15, -0.1) is 0 Å². The van der Waals surface area contributed by atoms with E-state index < -0.39 is 0 Å². The summed E-state index contributed by atoms with van der Waals surface area (Å²) in [7, 11) is 0. The van der Waals surface area contributed by atoms with Crippen LogP contribution in [0.5, 0.6) is 5.75 Å². The van der Waals surface area contributed by atoms with Crippen molar-refractivity contribution in [3.05, 3.63) is 95.3 Å². The van der Waals surface area contributed by atoms with Crippen LogP contribution in [0.1, 0.15) is 34.9 Å². The number of carbonyl (C=O) groups excluding carboxylic acids is 1. The molecular weight excluding hydrogens is 410 g/mol. The number of amides is 1. The van der Waals surface area contributed by atoms with Crippen molar-refractivity contribution in [1.29, 1.82) is 0 Å². The van der Waals surface area contributed by atoms with Crippen LogP contribution in [0.15, 0.2) is 72.8 Å². The van der Waals surface area contributed by atoms with E-state index in [-0.39, 0.29) is 11.8 Å². The van der Waals surface area contributed by atoms with Crippen molar-refractivity contribution < 1.29 is 9.53 Å². The lowest BCUT2D eigenvalue weighted by Crippen LogP contribution is -2.24. The Labute approximate surface area is 194 Å². The molecule has 1 aromatic heterocycles. The van der Waals surface area contributed by atoms with Crippen LogP contribution in [-0.4, -0.2) is 33.5 Å². The summed E-state index contributed by atoms with van der Waals surface area (Å²) in [5.41, 5.74) is 5.53. The summed E-state index contributed by atoms with van der Waals surface area (Å²) in [5, 5.41) is 0. The predicted molar refractivity (Wildman–Crippen MR) is 130 cm³/mol. The van der Waals surface area contributed by atoms with Crippen LogP contribution >= 0.6 is 0 Å². The number of hydrogen-bond acceptors (Lipinski definition) is 3. The minimum atomic E-state index is 0.0781. The maximum atomic E-state index is 12.8. The molecule has 0 unspecified atom stereocenters. The number of nitrogens with zero attached hydrogens (tertiary/aromatic N) is 3. The van der Waals surface area contributed by atoms with Gasteiger partial charge in [0.25, 0.3) is 0 Å². The molecule has 0 N–H and O–H groups in total. The standard InChI is InChI=1S/C28H29N3O2/c1-20-12-13-21(2)26(16-20)33-15-14-31-25-11-7-6-10-24(25)29-28(31)23-17-27(32)30(19-23)18-22-8-4-3-5-9-22/h3-13,16,23H,14-15,17-19H2,1-2H3/t23-/m0/s1. The Kier molecular flexibility index (Phi) is 5.86. The molecule has 5 nitrogen and oxygen atoms in total. The average molecular weight is 440 g/mol. The number of para-hydroxylation sites is 2. The molecule has 33 heavy (non-hydrogen) atoms. The van der Waals surface area contributed by atoms with Gasteiger partial charge < -0.3 is 14.2 Å². The van der Waals surface area contributed by atoms with Gasteiger partial charge in [0.05, 0.1) is 17.6 Å². The van der Waals surface area contributed by atoms with E-state index >= 15 is 0 Å². The summed E-state index contributed by atoms with van der Waals surface area (Å²) in [5.74, 6) is 2.17. The van der Waals surface area contributed by atoms with Gasteiger partial charge in [-0.05, 0) is 48.7 Å². The zero-order valence-corrected chi connectivity index (χ0v) is 19.2. The lowest BCUT2D eigenvalue weighted by atomic mass is 10.1. The van der Waals surface area contributed by atoms with Gasteiger partial charge in [-0.25, -0.2) is 4.98 Å². The fraction of sp³-hybridized carbons (Fsp3) is 0.286. The average Bonchev–Trinajstić information content (AvgIpc) is 3.37. The van der Waals surface area contributed by atoms with Gasteiger partial charge in [-0.2, -0.15) is 0 Å². The van der Waals surface area contributed by atoms with Crippen LogP contribution in [0.25, 0.3) is 11.0 Å². The summed E-state index contributed by atoms with van der Waals surface area (Å²) in [4.78, 5) is 19.7. The molecule has 0 aliphatic carbocycles. The second-order valence-electron chi connectivity index (χ2n) is 8.89. The summed E-state index contributed by atoms with van der Waals surface area (Å²) in [6.45, 7) is 6.71. The first kappa shape index (κ1) is 21.3. The maximum Gasteiger partial charge on any atom is 0.223 e. The highest BCUT2D eigenvalue weighted by Crippen LogP contribution is 2.31. The Hall–Kier alpha value is -3.60. The minimum absolute atomic E-state index is 0.0781. The number of hydrogen-bond donors (Lipinski definition) is 0. The van der Waals surface area contributed by atoms with Gasteiger partial charge in [0.1, 0.15) is 18.2 Å². The molecule has 168 valence electrons. The van der Waals surface area contributed by atoms with Gasteiger partial charge in [-0.3, -0.25) is 4.79 Å². The Bertz CT molecular complexity index is 1280. The molecular formula is C28H29N3O2. The van der Waals surface area contributed by atoms with E-state index in [2.05, 4.69) is 54.8 Å². The smallest absolute Gasteiger partial charge is 0.223 e. The van der Waals surface area contributed by atoms with Gasteiger partial charge in [0, 0.05) is 25.4 Å². The molecule has 5 rings (SSSR count). The number of ether oxygens (including phenoxy) is 1. The van der Waals surface area contributed by atoms with E-state index in [1.165, 1.54) is 5.56 Å². The first-order valence-electron chi connectivity index (χ1n) is 11.6. The van der Waals surface area contributed by atoms with Crippen molar-refractivity contribution in [2.75, 3.05) is 13.2 Å². The topological polar surface area (TPSA) is 47.4 Å². The Morgan fingerprint density at radius 2 is 1.79 bits per heavy atom. The Balaban J connectivity index is 1.36. The number of aryl methyl sites for hydroxylation is 2. The van der Waals surface area contributed by atoms with Gasteiger partial charge in [-0.1, -0.05) is 54.6 Å². The molecule has 0 bridgehead atoms. The number of likely N-dealkylation sites (tertiary alicyclic amines) is 1. The monoisotopic (exact) mass is 439 g/mol. The van der Waals surface area contributed by atoms with Gasteiger partial charge in [0.2, 0.25) is 5.91 Å². The van der Waals surface area contributed by atoms with Crippen LogP contribution in [0.4, 0.5) is 0 Å². The quantitative estimate of drug-likeness (QED) is 0.395. The SMILES string of the molecule is Cc1ccc(C)c(OCCn2c([C@H]3CC(=O)N(Cc4ccccc4)C3)nc3ccccc32)c1. The highest BCUT2D eigenvalue weighted by atomic mass is 16.5. The third-order valence-electron chi connectivity index (χ3n) is 6.40. The third-order valence-corrected chi connectivity index (χ3v) is 6.40. The number of rotatable bonds is 7. The fourth-order valence-corrected chi connectivity index (χ4v) is 4.65. The van der Waals surface area contributed by atoms with Gasteiger partial charge >= 0.3 is 0 Å². The minimum Gasteiger partial charge on any atom is -0.491 e. The molecule has 4 aromatic rings. The first-order chi connectivity index (χ1) is 16.1. The Morgan fingerprint density at radius 3 is 2.64 bits per heavy atom. The molecule has 2 heterocycles. The number of fused-ring (bicyclic) bond motifs is 1. The largest absolute Gasteiger partial charge is 0.491 e. The van der Waals surface area contributed by atoms with E-state index in [4.69, 9.17) is 9.72 Å². The van der Waals surface area contributed by atoms with Crippen molar-refractivity contribution in [1.82, 2.24) is 14.5 Å². The van der Waals surface area contributed by atoms with Crippen molar-refractivity contribution >= 4 is 16.9 Å². The summed E-state index contributed by atoms with van der Waals surface area (Å²) >= 11 is 0. The summed E-state index contributed by atoms with van der Waals surface area (Å²) in [6.07, 6.45) is 0.494. The predicted octanol–water partition coefficient (Wildman–Crippen LogP) is 5.25. The second-order valence-corrected chi connectivity index (χ2v) is 8.89. The molecule has 3 aromatic carbocycles. The van der Waals surface area contributed by atoms with Crippen LogP contribution in [0, 0.1) is 13.8 Å².